The zero-order valence-electron chi connectivity index (χ0n) is 37.5. The van der Waals surface area contributed by atoms with Crippen LogP contribution in [0.5, 0.6) is 0 Å². The molecule has 7 aromatic carbocycles. The van der Waals surface area contributed by atoms with Crippen LogP contribution in [-0.2, 0) is 16.2 Å². The van der Waals surface area contributed by atoms with Gasteiger partial charge >= 0.3 is 0 Å². The van der Waals surface area contributed by atoms with E-state index < -0.39 is 0 Å². The molecule has 0 unspecified atom stereocenters. The topological polar surface area (TPSA) is 9.72 Å². The molecule has 0 fully saturated rings. The van der Waals surface area contributed by atoms with E-state index in [0.717, 1.165) is 0 Å². The second-order valence-corrected chi connectivity index (χ2v) is 19.8. The summed E-state index contributed by atoms with van der Waals surface area (Å²) < 4.78 is 0. The molecule has 0 saturated heterocycles. The predicted octanol–water partition coefficient (Wildman–Crippen LogP) is 13.8. The summed E-state index contributed by atoms with van der Waals surface area (Å²) in [6.07, 6.45) is 0. The monoisotopic (exact) mass is 783 g/mol. The van der Waals surface area contributed by atoms with Crippen LogP contribution in [0.1, 0.15) is 74.9 Å². The largest absolute Gasteiger partial charge is 0.378 e. The molecule has 3 aliphatic carbocycles. The zero-order chi connectivity index (χ0) is 42.2. The van der Waals surface area contributed by atoms with Crippen LogP contribution in [0.3, 0.4) is 0 Å². The van der Waals surface area contributed by atoms with Crippen LogP contribution in [0.2, 0.25) is 0 Å². The van der Waals surface area contributed by atoms with Crippen LogP contribution in [0.15, 0.2) is 127 Å². The molecule has 3 heteroatoms. The Hall–Kier alpha value is -6.06. The molecule has 7 aromatic rings. The maximum absolute atomic E-state index is 2.48. The Kier molecular flexibility index (Phi) is 8.25. The third kappa shape index (κ3) is 5.54. The smallest absolute Gasteiger partial charge is 0.0364 e. The van der Waals surface area contributed by atoms with Crippen molar-refractivity contribution in [2.24, 2.45) is 0 Å². The highest BCUT2D eigenvalue weighted by atomic mass is 15.1. The van der Waals surface area contributed by atoms with E-state index in [2.05, 4.69) is 226 Å². The summed E-state index contributed by atoms with van der Waals surface area (Å²) >= 11 is 0. The van der Waals surface area contributed by atoms with E-state index in [-0.39, 0.29) is 16.2 Å². The first-order valence-electron chi connectivity index (χ1n) is 21.5. The molecular formula is C57H57N3. The van der Waals surface area contributed by atoms with E-state index in [1.54, 1.807) is 0 Å². The number of hydrogen-bond donors (Lipinski definition) is 0. The molecule has 0 radical (unpaired) electrons. The highest BCUT2D eigenvalue weighted by Gasteiger charge is 2.39. The lowest BCUT2D eigenvalue weighted by Crippen LogP contribution is -2.16. The van der Waals surface area contributed by atoms with Gasteiger partial charge in [0.05, 0.1) is 0 Å². The normalized spacial score (nSPS) is 15.4. The van der Waals surface area contributed by atoms with Crippen molar-refractivity contribution in [2.45, 2.75) is 57.8 Å². The van der Waals surface area contributed by atoms with Crippen LogP contribution in [0, 0.1) is 0 Å². The average Bonchev–Trinajstić information content (AvgIpc) is 3.71. The number of benzene rings is 7. The Bertz CT molecular complexity index is 2610. The van der Waals surface area contributed by atoms with Crippen LogP contribution in [0.25, 0.3) is 66.8 Å². The molecule has 3 nitrogen and oxygen atoms in total. The van der Waals surface area contributed by atoms with Crippen LogP contribution >= 0.6 is 0 Å². The Morgan fingerprint density at radius 2 is 0.467 bits per heavy atom. The zero-order valence-corrected chi connectivity index (χ0v) is 37.5. The minimum absolute atomic E-state index is 0.118. The highest BCUT2D eigenvalue weighted by molar-refractivity contribution is 5.91. The Morgan fingerprint density at radius 1 is 0.250 bits per heavy atom. The van der Waals surface area contributed by atoms with Gasteiger partial charge in [-0.2, -0.15) is 0 Å². The molecule has 0 spiro atoms. The Morgan fingerprint density at radius 3 is 0.700 bits per heavy atom. The molecule has 3 aliphatic rings. The van der Waals surface area contributed by atoms with Crippen LogP contribution in [0.4, 0.5) is 17.1 Å². The van der Waals surface area contributed by atoms with Gasteiger partial charge in [-0.05, 0) is 173 Å². The van der Waals surface area contributed by atoms with Crippen LogP contribution in [-0.4, -0.2) is 42.3 Å². The second kappa shape index (κ2) is 13.0. The first kappa shape index (κ1) is 38.2. The fourth-order valence-corrected chi connectivity index (χ4v) is 10.7. The van der Waals surface area contributed by atoms with Crippen molar-refractivity contribution >= 4 is 17.1 Å². The van der Waals surface area contributed by atoms with Crippen molar-refractivity contribution in [3.05, 3.63) is 161 Å². The summed E-state index contributed by atoms with van der Waals surface area (Å²) in [5, 5.41) is 0. The number of nitrogens with zero attached hydrogens (tertiary/aromatic N) is 3. The van der Waals surface area contributed by atoms with Crippen molar-refractivity contribution in [1.29, 1.82) is 0 Å². The number of fused-ring (bicyclic) bond motifs is 9. The van der Waals surface area contributed by atoms with Crippen molar-refractivity contribution in [1.82, 2.24) is 0 Å². The first-order chi connectivity index (χ1) is 28.4. The van der Waals surface area contributed by atoms with Gasteiger partial charge in [-0.25, -0.2) is 0 Å². The van der Waals surface area contributed by atoms with Gasteiger partial charge < -0.3 is 14.7 Å². The molecule has 0 atom stereocenters. The average molecular weight is 784 g/mol. The molecule has 300 valence electrons. The lowest BCUT2D eigenvalue weighted by Gasteiger charge is -2.24. The minimum atomic E-state index is -0.118. The first-order valence-corrected chi connectivity index (χ1v) is 21.5. The van der Waals surface area contributed by atoms with Gasteiger partial charge in [-0.3, -0.25) is 0 Å². The van der Waals surface area contributed by atoms with Crippen molar-refractivity contribution in [3.63, 3.8) is 0 Å². The molecule has 0 saturated carbocycles. The van der Waals surface area contributed by atoms with E-state index >= 15 is 0 Å². The lowest BCUT2D eigenvalue weighted by molar-refractivity contribution is 0.660. The maximum atomic E-state index is 2.48. The van der Waals surface area contributed by atoms with Gasteiger partial charge in [-0.1, -0.05) is 96.1 Å². The SMILES string of the molecule is CN(C)c1ccc2c(c1)C(C)(C)c1cc(-c3cc(-c4ccc5c(c4)C(C)(C)c4cc(N(C)C)ccc4-5)cc(-c4ccc5c(c4)C(C)(C)c4cc(N(C)C)ccc4-5)c3)ccc1-2. The fourth-order valence-electron chi connectivity index (χ4n) is 10.7. The summed E-state index contributed by atoms with van der Waals surface area (Å²) in [5.41, 5.74) is 27.3. The molecule has 60 heavy (non-hydrogen) atoms. The third-order valence-corrected chi connectivity index (χ3v) is 14.5. The molecule has 10 rings (SSSR count). The van der Waals surface area contributed by atoms with Gasteiger partial charge in [-0.15, -0.1) is 0 Å². The van der Waals surface area contributed by atoms with Gasteiger partial charge in [0.15, 0.2) is 0 Å². The van der Waals surface area contributed by atoms with Crippen molar-refractivity contribution in [3.8, 4) is 66.8 Å². The number of anilines is 3. The lowest BCUT2D eigenvalue weighted by atomic mass is 9.80. The van der Waals surface area contributed by atoms with Gasteiger partial charge in [0, 0.05) is 75.6 Å². The van der Waals surface area contributed by atoms with Crippen molar-refractivity contribution in [2.75, 3.05) is 57.0 Å². The van der Waals surface area contributed by atoms with Crippen molar-refractivity contribution < 1.29 is 0 Å². The summed E-state index contributed by atoms with van der Waals surface area (Å²) in [7, 11) is 12.8. The van der Waals surface area contributed by atoms with Gasteiger partial charge in [0.25, 0.3) is 0 Å². The number of rotatable bonds is 6. The summed E-state index contributed by atoms with van der Waals surface area (Å²) in [4.78, 5) is 6.62. The van der Waals surface area contributed by atoms with E-state index in [1.165, 1.54) is 117 Å². The molecule has 0 aromatic heterocycles. The molecule has 0 amide bonds. The quantitative estimate of drug-likeness (QED) is 0.166. The summed E-state index contributed by atoms with van der Waals surface area (Å²) in [6, 6.07) is 49.8. The predicted molar refractivity (Wildman–Crippen MR) is 258 cm³/mol. The Balaban J connectivity index is 1.13. The van der Waals surface area contributed by atoms with E-state index in [9.17, 15) is 0 Å². The standard InChI is InChI=1S/C57H57N3/c1-55(2)49-28-34(13-19-43(49)46-22-16-40(58(7)8)31-52(46)55)37-25-38(35-14-20-44-47-23-17-41(59(9)10)32-53(47)56(3,4)50(44)29-35)27-39(26-37)36-15-21-45-48-24-18-42(60(11)12)33-54(48)57(5,6)51(45)30-36/h13-33H,1-12H3. The fraction of sp³-hybridized carbons (Fsp3) is 0.263. The minimum Gasteiger partial charge on any atom is -0.378 e. The molecule has 0 N–H and O–H groups in total. The maximum Gasteiger partial charge on any atom is 0.0364 e. The van der Waals surface area contributed by atoms with Gasteiger partial charge in [0.2, 0.25) is 0 Å². The summed E-state index contributed by atoms with van der Waals surface area (Å²) in [5.74, 6) is 0. The van der Waals surface area contributed by atoms with E-state index in [4.69, 9.17) is 0 Å². The van der Waals surface area contributed by atoms with Gasteiger partial charge in [0.1, 0.15) is 0 Å². The highest BCUT2D eigenvalue weighted by Crippen LogP contribution is 2.54. The summed E-state index contributed by atoms with van der Waals surface area (Å²) in [6.45, 7) is 14.3. The molecule has 0 bridgehead atoms. The Labute approximate surface area is 358 Å². The van der Waals surface area contributed by atoms with E-state index in [1.807, 2.05) is 0 Å². The van der Waals surface area contributed by atoms with E-state index in [0.29, 0.717) is 0 Å². The molecular weight excluding hydrogens is 727 g/mol. The second-order valence-electron chi connectivity index (χ2n) is 19.8. The van der Waals surface area contributed by atoms with Crippen LogP contribution < -0.4 is 14.7 Å². The molecule has 0 aliphatic heterocycles. The third-order valence-electron chi connectivity index (χ3n) is 14.5. The number of hydrogen-bond acceptors (Lipinski definition) is 3. The molecule has 0 heterocycles.